The summed E-state index contributed by atoms with van der Waals surface area (Å²) in [4.78, 5) is 11.3. The molecule has 2 aromatic rings. The summed E-state index contributed by atoms with van der Waals surface area (Å²) in [5.74, 6) is 0.746. The van der Waals surface area contributed by atoms with E-state index >= 15 is 0 Å². The second-order valence-corrected chi connectivity index (χ2v) is 4.79. The van der Waals surface area contributed by atoms with Gasteiger partial charge in [0.15, 0.2) is 5.11 Å². The van der Waals surface area contributed by atoms with Crippen LogP contribution in [0.1, 0.15) is 21.9 Å². The fourth-order valence-electron chi connectivity index (χ4n) is 1.68. The third-order valence-electron chi connectivity index (χ3n) is 2.68. The Kier molecular flexibility index (Phi) is 5.70. The van der Waals surface area contributed by atoms with Gasteiger partial charge in [0.05, 0.1) is 13.3 Å². The first-order valence-corrected chi connectivity index (χ1v) is 6.97. The summed E-state index contributed by atoms with van der Waals surface area (Å²) in [6, 6.07) is 10.4. The smallest absolute Gasteiger partial charge is 0.373 e. The Morgan fingerprint density at radius 3 is 3.00 bits per heavy atom. The Morgan fingerprint density at radius 1 is 1.43 bits per heavy atom. The Bertz CT molecular complexity index is 727. The molecule has 1 aromatic carbocycles. The molecule has 0 unspecified atom stereocenters. The Hall–Kier alpha value is -2.87. The fraction of sp³-hybridized carbons (Fsp3) is 0.133. The van der Waals surface area contributed by atoms with Gasteiger partial charge in [-0.1, -0.05) is 12.1 Å². The number of furan rings is 1. The summed E-state index contributed by atoms with van der Waals surface area (Å²) in [6.07, 6.45) is 1.56. The van der Waals surface area contributed by atoms with E-state index in [0.29, 0.717) is 11.5 Å². The van der Waals surface area contributed by atoms with Crippen molar-refractivity contribution in [1.29, 1.82) is 0 Å². The van der Waals surface area contributed by atoms with Crippen molar-refractivity contribution in [3.8, 4) is 5.75 Å². The van der Waals surface area contributed by atoms with E-state index in [1.165, 1.54) is 13.2 Å². The van der Waals surface area contributed by atoms with E-state index in [1.54, 1.807) is 24.4 Å². The van der Waals surface area contributed by atoms with Crippen LogP contribution in [0.15, 0.2) is 45.9 Å². The maximum Gasteiger partial charge on any atom is 0.373 e. The lowest BCUT2D eigenvalue weighted by atomic mass is 10.2. The summed E-state index contributed by atoms with van der Waals surface area (Å²) in [5, 5.41) is 3.96. The van der Waals surface area contributed by atoms with E-state index in [0.717, 1.165) is 5.56 Å². The van der Waals surface area contributed by atoms with E-state index in [2.05, 4.69) is 27.5 Å². The minimum Gasteiger partial charge on any atom is -0.486 e. The van der Waals surface area contributed by atoms with Gasteiger partial charge >= 0.3 is 5.97 Å². The van der Waals surface area contributed by atoms with Gasteiger partial charge in [-0.15, -0.1) is 0 Å². The molecule has 0 aliphatic rings. The second kappa shape index (κ2) is 7.95. The van der Waals surface area contributed by atoms with Crippen molar-refractivity contribution in [3.05, 3.63) is 53.5 Å². The molecule has 0 radical (unpaired) electrons. The number of rotatable bonds is 6. The lowest BCUT2D eigenvalue weighted by Crippen LogP contribution is -2.23. The van der Waals surface area contributed by atoms with Crippen LogP contribution in [0.25, 0.3) is 0 Å². The topological polar surface area (TPSA) is 99.1 Å². The Balaban J connectivity index is 1.95. The number of carbonyl (C=O) groups is 1. The highest BCUT2D eigenvalue weighted by Gasteiger charge is 2.11. The van der Waals surface area contributed by atoms with Gasteiger partial charge in [-0.05, 0) is 42.0 Å². The first-order chi connectivity index (χ1) is 11.1. The second-order valence-electron chi connectivity index (χ2n) is 4.35. The number of thiocarbonyl (C=S) groups is 1. The van der Waals surface area contributed by atoms with Crippen LogP contribution in [0.3, 0.4) is 0 Å². The van der Waals surface area contributed by atoms with Gasteiger partial charge in [-0.2, -0.15) is 5.10 Å². The van der Waals surface area contributed by atoms with Crippen LogP contribution >= 0.6 is 12.2 Å². The number of esters is 1. The minimum atomic E-state index is -0.528. The molecule has 3 N–H and O–H groups in total. The molecule has 0 bridgehead atoms. The van der Waals surface area contributed by atoms with Crippen LogP contribution in [0, 0.1) is 0 Å². The first kappa shape index (κ1) is 16.5. The number of nitrogens with zero attached hydrogens (tertiary/aromatic N) is 1. The standard InChI is InChI=1S/C15H15N3O4S/c1-20-14(19)13-6-5-12(22-13)9-21-11-4-2-3-10(7-11)8-17-18-15(16)23/h2-8H,9H2,1H3,(H3,16,18,23). The zero-order valence-electron chi connectivity index (χ0n) is 12.3. The number of nitrogens with one attached hydrogen (secondary N) is 1. The fourth-order valence-corrected chi connectivity index (χ4v) is 1.73. The molecular formula is C15H15N3O4S. The van der Waals surface area contributed by atoms with Crippen molar-refractivity contribution in [2.75, 3.05) is 7.11 Å². The molecule has 0 spiro atoms. The molecule has 120 valence electrons. The molecule has 23 heavy (non-hydrogen) atoms. The van der Waals surface area contributed by atoms with Crippen molar-refractivity contribution >= 4 is 29.5 Å². The summed E-state index contributed by atoms with van der Waals surface area (Å²) in [5.41, 5.74) is 8.55. The van der Waals surface area contributed by atoms with Crippen molar-refractivity contribution < 1.29 is 18.7 Å². The van der Waals surface area contributed by atoms with Crippen LogP contribution < -0.4 is 15.9 Å². The number of hydrogen-bond acceptors (Lipinski definition) is 6. The zero-order chi connectivity index (χ0) is 16.7. The highest BCUT2D eigenvalue weighted by molar-refractivity contribution is 7.80. The predicted molar refractivity (Wildman–Crippen MR) is 88.3 cm³/mol. The zero-order valence-corrected chi connectivity index (χ0v) is 13.1. The van der Waals surface area contributed by atoms with Gasteiger partial charge < -0.3 is 19.6 Å². The molecule has 1 aromatic heterocycles. The third kappa shape index (κ3) is 5.11. The monoisotopic (exact) mass is 333 g/mol. The minimum absolute atomic E-state index is 0.0906. The molecule has 1 heterocycles. The van der Waals surface area contributed by atoms with Crippen LogP contribution in [-0.4, -0.2) is 24.4 Å². The quantitative estimate of drug-likeness (QED) is 0.360. The average molecular weight is 333 g/mol. The van der Waals surface area contributed by atoms with E-state index in [9.17, 15) is 4.79 Å². The van der Waals surface area contributed by atoms with Crippen LogP contribution in [0.4, 0.5) is 0 Å². The number of nitrogens with two attached hydrogens (primary N) is 1. The molecule has 0 fully saturated rings. The third-order valence-corrected chi connectivity index (χ3v) is 2.77. The Morgan fingerprint density at radius 2 is 2.26 bits per heavy atom. The lowest BCUT2D eigenvalue weighted by molar-refractivity contribution is 0.0561. The lowest BCUT2D eigenvalue weighted by Gasteiger charge is -2.05. The maximum absolute atomic E-state index is 11.3. The number of methoxy groups -OCH3 is 1. The molecule has 0 amide bonds. The van der Waals surface area contributed by atoms with Gasteiger partial charge in [0.1, 0.15) is 18.1 Å². The summed E-state index contributed by atoms with van der Waals surface area (Å²) >= 11 is 4.65. The van der Waals surface area contributed by atoms with Gasteiger partial charge in [0.2, 0.25) is 5.76 Å². The molecular weight excluding hydrogens is 318 g/mol. The maximum atomic E-state index is 11.3. The normalized spacial score (nSPS) is 10.5. The molecule has 2 rings (SSSR count). The molecule has 0 aliphatic heterocycles. The van der Waals surface area contributed by atoms with Gasteiger partial charge in [0.25, 0.3) is 0 Å². The van der Waals surface area contributed by atoms with E-state index in [4.69, 9.17) is 14.9 Å². The molecule has 8 heteroatoms. The average Bonchev–Trinajstić information content (AvgIpc) is 3.01. The summed E-state index contributed by atoms with van der Waals surface area (Å²) in [6.45, 7) is 0.183. The number of hydrazone groups is 1. The first-order valence-electron chi connectivity index (χ1n) is 6.57. The van der Waals surface area contributed by atoms with Crippen LogP contribution in [0.5, 0.6) is 5.75 Å². The van der Waals surface area contributed by atoms with Crippen LogP contribution in [0.2, 0.25) is 0 Å². The largest absolute Gasteiger partial charge is 0.486 e. The summed E-state index contributed by atoms with van der Waals surface area (Å²) in [7, 11) is 1.29. The molecule has 0 aliphatic carbocycles. The van der Waals surface area contributed by atoms with Gasteiger partial charge in [-0.3, -0.25) is 5.43 Å². The molecule has 0 saturated carbocycles. The Labute approximate surface area is 138 Å². The van der Waals surface area contributed by atoms with Crippen molar-refractivity contribution in [2.45, 2.75) is 6.61 Å². The van der Waals surface area contributed by atoms with Gasteiger partial charge in [-0.25, -0.2) is 4.79 Å². The molecule has 0 atom stereocenters. The predicted octanol–water partition coefficient (Wildman–Crippen LogP) is 1.81. The number of carbonyl (C=O) groups excluding carboxylic acids is 1. The van der Waals surface area contributed by atoms with Crippen LogP contribution in [-0.2, 0) is 11.3 Å². The van der Waals surface area contributed by atoms with Crippen molar-refractivity contribution in [2.24, 2.45) is 10.8 Å². The highest BCUT2D eigenvalue weighted by Crippen LogP contribution is 2.16. The van der Waals surface area contributed by atoms with E-state index < -0.39 is 5.97 Å². The number of ether oxygens (including phenoxy) is 2. The van der Waals surface area contributed by atoms with Crippen molar-refractivity contribution in [1.82, 2.24) is 5.43 Å². The molecule has 7 nitrogen and oxygen atoms in total. The number of benzene rings is 1. The highest BCUT2D eigenvalue weighted by atomic mass is 32.1. The van der Waals surface area contributed by atoms with Crippen molar-refractivity contribution in [3.63, 3.8) is 0 Å². The molecule has 0 saturated heterocycles. The van der Waals surface area contributed by atoms with E-state index in [1.807, 2.05) is 12.1 Å². The SMILES string of the molecule is COC(=O)c1ccc(COc2cccc(C=NNC(N)=S)c2)o1. The van der Waals surface area contributed by atoms with E-state index in [-0.39, 0.29) is 17.5 Å². The van der Waals surface area contributed by atoms with Gasteiger partial charge in [0, 0.05) is 0 Å². The summed E-state index contributed by atoms with van der Waals surface area (Å²) < 4.78 is 15.5. The number of hydrogen-bond donors (Lipinski definition) is 2.